The molecule has 0 unspecified atom stereocenters. The third-order valence-corrected chi connectivity index (χ3v) is 6.88. The van der Waals surface area contributed by atoms with Crippen LogP contribution in [0.25, 0.3) is 0 Å². The highest BCUT2D eigenvalue weighted by Crippen LogP contribution is 2.34. The summed E-state index contributed by atoms with van der Waals surface area (Å²) in [6, 6.07) is 23.1. The summed E-state index contributed by atoms with van der Waals surface area (Å²) >= 11 is 1.14. The van der Waals surface area contributed by atoms with Crippen molar-refractivity contribution >= 4 is 51.9 Å². The number of nitrogens with one attached hydrogen (secondary N) is 2. The van der Waals surface area contributed by atoms with Crippen LogP contribution < -0.4 is 15.4 Å². The average Bonchev–Trinajstić information content (AvgIpc) is 3.27. The molecule has 5 rings (SSSR count). The molecule has 3 aromatic carbocycles. The zero-order chi connectivity index (χ0) is 26.5. The fourth-order valence-corrected chi connectivity index (χ4v) is 4.90. The molecule has 0 aromatic heterocycles. The summed E-state index contributed by atoms with van der Waals surface area (Å²) < 4.78 is 5.20. The number of amidine groups is 2. The van der Waals surface area contributed by atoms with Gasteiger partial charge in [-0.1, -0.05) is 60.3 Å². The molecule has 0 bridgehead atoms. The van der Waals surface area contributed by atoms with E-state index < -0.39 is 6.04 Å². The molecule has 2 aliphatic heterocycles. The van der Waals surface area contributed by atoms with E-state index in [9.17, 15) is 14.4 Å². The highest BCUT2D eigenvalue weighted by Gasteiger charge is 2.42. The summed E-state index contributed by atoms with van der Waals surface area (Å²) in [5, 5.41) is 6.03. The molecule has 0 radical (unpaired) electrons. The van der Waals surface area contributed by atoms with Crippen molar-refractivity contribution in [2.24, 2.45) is 9.98 Å². The van der Waals surface area contributed by atoms with Gasteiger partial charge in [0.25, 0.3) is 5.91 Å². The average molecular weight is 528 g/mol. The molecule has 0 spiro atoms. The monoisotopic (exact) mass is 527 g/mol. The Kier molecular flexibility index (Phi) is 7.50. The molecule has 2 N–H and O–H groups in total. The zero-order valence-electron chi connectivity index (χ0n) is 20.6. The lowest BCUT2D eigenvalue weighted by Crippen LogP contribution is -2.42. The van der Waals surface area contributed by atoms with Gasteiger partial charge in [-0.15, -0.1) is 0 Å². The van der Waals surface area contributed by atoms with Gasteiger partial charge in [0.05, 0.1) is 25.0 Å². The van der Waals surface area contributed by atoms with Crippen LogP contribution in [0.5, 0.6) is 5.75 Å². The van der Waals surface area contributed by atoms with E-state index in [4.69, 9.17) is 4.74 Å². The number of hydrogen-bond donors (Lipinski definition) is 2. The molecular weight excluding hydrogens is 502 g/mol. The lowest BCUT2D eigenvalue weighted by atomic mass is 10.1. The third-order valence-electron chi connectivity index (χ3n) is 5.94. The van der Waals surface area contributed by atoms with Gasteiger partial charge in [0.2, 0.25) is 11.8 Å². The van der Waals surface area contributed by atoms with Crippen LogP contribution in [0.15, 0.2) is 88.8 Å². The van der Waals surface area contributed by atoms with Crippen molar-refractivity contribution in [2.75, 3.05) is 18.2 Å². The van der Waals surface area contributed by atoms with Gasteiger partial charge in [-0.05, 0) is 29.8 Å². The van der Waals surface area contributed by atoms with Gasteiger partial charge >= 0.3 is 0 Å². The van der Waals surface area contributed by atoms with E-state index in [1.807, 2.05) is 54.6 Å². The predicted octanol–water partition coefficient (Wildman–Crippen LogP) is 3.73. The molecule has 3 aromatic rings. The summed E-state index contributed by atoms with van der Waals surface area (Å²) in [6.07, 6.45) is -0.0812. The van der Waals surface area contributed by atoms with Gasteiger partial charge in [0.1, 0.15) is 17.6 Å². The second-order valence-corrected chi connectivity index (χ2v) is 9.53. The first-order valence-corrected chi connectivity index (χ1v) is 13.0. The van der Waals surface area contributed by atoms with Crippen molar-refractivity contribution in [3.63, 3.8) is 0 Å². The number of benzene rings is 3. The number of amides is 3. The summed E-state index contributed by atoms with van der Waals surface area (Å²) in [4.78, 5) is 49.4. The van der Waals surface area contributed by atoms with Crippen LogP contribution in [0, 0.1) is 0 Å². The maximum Gasteiger partial charge on any atom is 0.259 e. The maximum absolute atomic E-state index is 13.4. The number of carbonyl (C=O) groups is 3. The number of nitrogens with zero attached hydrogens (tertiary/aromatic N) is 3. The van der Waals surface area contributed by atoms with Gasteiger partial charge in [-0.25, -0.2) is 9.89 Å². The maximum atomic E-state index is 13.4. The molecule has 3 amide bonds. The van der Waals surface area contributed by atoms with Gasteiger partial charge in [-0.2, -0.15) is 0 Å². The number of thioether (sulfide) groups is 1. The van der Waals surface area contributed by atoms with Gasteiger partial charge < -0.3 is 15.4 Å². The lowest BCUT2D eigenvalue weighted by molar-refractivity contribution is -0.128. The first-order chi connectivity index (χ1) is 18.5. The van der Waals surface area contributed by atoms with E-state index in [2.05, 4.69) is 20.6 Å². The Morgan fingerprint density at radius 2 is 1.79 bits per heavy atom. The lowest BCUT2D eigenvalue weighted by Gasteiger charge is -2.25. The van der Waals surface area contributed by atoms with Crippen molar-refractivity contribution in [1.29, 1.82) is 0 Å². The number of aliphatic imine (C=N–C) groups is 2. The number of fused-ring (bicyclic) bond motifs is 3. The van der Waals surface area contributed by atoms with E-state index in [1.165, 1.54) is 4.90 Å². The Balaban J connectivity index is 1.28. The Hall–Kier alpha value is -4.44. The summed E-state index contributed by atoms with van der Waals surface area (Å²) in [7, 11) is 1.56. The largest absolute Gasteiger partial charge is 0.497 e. The Bertz CT molecular complexity index is 1440. The quantitative estimate of drug-likeness (QED) is 0.464. The summed E-state index contributed by atoms with van der Waals surface area (Å²) in [6.45, 7) is 0.370. The molecule has 1 atom stereocenters. The Morgan fingerprint density at radius 3 is 2.61 bits per heavy atom. The van der Waals surface area contributed by atoms with Gasteiger partial charge in [0, 0.05) is 23.9 Å². The van der Waals surface area contributed by atoms with Gasteiger partial charge in [0.15, 0.2) is 5.17 Å². The summed E-state index contributed by atoms with van der Waals surface area (Å²) in [5.74, 6) is 0.227. The van der Waals surface area contributed by atoms with Crippen molar-refractivity contribution in [3.05, 3.63) is 90.0 Å². The number of methoxy groups -OCH3 is 1. The van der Waals surface area contributed by atoms with Crippen molar-refractivity contribution in [3.8, 4) is 5.75 Å². The second kappa shape index (κ2) is 11.3. The molecular formula is C28H25N5O4S. The first kappa shape index (κ1) is 25.2. The minimum absolute atomic E-state index is 0.0253. The highest BCUT2D eigenvalue weighted by atomic mass is 32.2. The van der Waals surface area contributed by atoms with Crippen molar-refractivity contribution in [2.45, 2.75) is 19.0 Å². The van der Waals surface area contributed by atoms with Crippen molar-refractivity contribution < 1.29 is 19.1 Å². The standard InChI is InChI=1S/C28H25N5O4S/c1-37-20-11-7-10-19(14-20)30-25(35)17-38-28-32-22-13-6-5-12-21(22)26-31-23(27(36)33(26)28)15-24(34)29-16-18-8-3-2-4-9-18/h2-14,23H,15-17H2,1H3,(H,29,34)(H,30,35)/t23-/m1/s1. The first-order valence-electron chi connectivity index (χ1n) is 12.0. The van der Waals surface area contributed by atoms with Crippen molar-refractivity contribution in [1.82, 2.24) is 10.2 Å². The molecule has 9 nitrogen and oxygen atoms in total. The molecule has 0 saturated carbocycles. The van der Waals surface area contributed by atoms with E-state index in [0.29, 0.717) is 40.2 Å². The highest BCUT2D eigenvalue weighted by molar-refractivity contribution is 8.14. The number of ether oxygens (including phenoxy) is 1. The molecule has 2 aliphatic rings. The minimum atomic E-state index is -0.872. The van der Waals surface area contributed by atoms with Crippen LogP contribution in [-0.2, 0) is 20.9 Å². The molecule has 0 fully saturated rings. The smallest absolute Gasteiger partial charge is 0.259 e. The summed E-state index contributed by atoms with van der Waals surface area (Å²) in [5.41, 5.74) is 2.93. The number of anilines is 1. The van der Waals surface area contributed by atoms with Crippen LogP contribution in [0.2, 0.25) is 0 Å². The molecule has 0 aliphatic carbocycles. The Morgan fingerprint density at radius 1 is 1.00 bits per heavy atom. The topological polar surface area (TPSA) is 112 Å². The zero-order valence-corrected chi connectivity index (χ0v) is 21.4. The third kappa shape index (κ3) is 5.60. The number of hydrogen-bond acceptors (Lipinski definition) is 7. The minimum Gasteiger partial charge on any atom is -0.497 e. The molecule has 38 heavy (non-hydrogen) atoms. The molecule has 10 heteroatoms. The number of para-hydroxylation sites is 1. The SMILES string of the molecule is COc1cccc(NC(=O)CSC2=Nc3ccccc3C3=N[C@H](CC(=O)NCc4ccccc4)C(=O)N23)c1. The Labute approximate surface area is 224 Å². The fourth-order valence-electron chi connectivity index (χ4n) is 4.10. The van der Waals surface area contributed by atoms with Crippen LogP contribution >= 0.6 is 11.8 Å². The number of rotatable bonds is 8. The molecule has 192 valence electrons. The second-order valence-electron chi connectivity index (χ2n) is 8.59. The van der Waals surface area contributed by atoms with E-state index in [0.717, 1.165) is 17.3 Å². The normalized spacial score (nSPS) is 15.7. The van der Waals surface area contributed by atoms with Crippen LogP contribution in [0.3, 0.4) is 0 Å². The molecule has 2 heterocycles. The van der Waals surface area contributed by atoms with Crippen LogP contribution in [0.4, 0.5) is 11.4 Å². The van der Waals surface area contributed by atoms with E-state index in [-0.39, 0.29) is 29.9 Å². The fraction of sp³-hybridized carbons (Fsp3) is 0.179. The van der Waals surface area contributed by atoms with Crippen LogP contribution in [-0.4, -0.2) is 52.5 Å². The van der Waals surface area contributed by atoms with Crippen LogP contribution in [0.1, 0.15) is 17.5 Å². The van der Waals surface area contributed by atoms with E-state index >= 15 is 0 Å². The predicted molar refractivity (Wildman–Crippen MR) is 148 cm³/mol. The number of carbonyl (C=O) groups excluding carboxylic acids is 3. The van der Waals surface area contributed by atoms with Gasteiger partial charge in [-0.3, -0.25) is 19.4 Å². The van der Waals surface area contributed by atoms with E-state index in [1.54, 1.807) is 31.4 Å². The molecule has 0 saturated heterocycles.